The second-order valence-corrected chi connectivity index (χ2v) is 9.97. The molecule has 0 amide bonds. The summed E-state index contributed by atoms with van der Waals surface area (Å²) in [4.78, 5) is 15.1. The Bertz CT molecular complexity index is 2150. The molecule has 2 heterocycles. The van der Waals surface area contributed by atoms with Crippen molar-refractivity contribution in [3.05, 3.63) is 121 Å². The second kappa shape index (κ2) is 8.75. The lowest BCUT2D eigenvalue weighted by Crippen LogP contribution is -2.00. The minimum Gasteiger partial charge on any atom is -0.456 e. The lowest BCUT2D eigenvalue weighted by molar-refractivity contribution is 0.669. The van der Waals surface area contributed by atoms with E-state index < -0.39 is 0 Å². The van der Waals surface area contributed by atoms with Gasteiger partial charge in [-0.25, -0.2) is 15.0 Å². The van der Waals surface area contributed by atoms with E-state index in [0.29, 0.717) is 23.2 Å². The Morgan fingerprint density at radius 3 is 1.73 bits per heavy atom. The Labute approximate surface area is 229 Å². The number of nitrogens with two attached hydrogens (primary N) is 1. The Balaban J connectivity index is 1.41. The van der Waals surface area contributed by atoms with E-state index in [1.807, 2.05) is 60.7 Å². The molecule has 0 bridgehead atoms. The smallest absolute Gasteiger partial charge is 0.164 e. The van der Waals surface area contributed by atoms with E-state index in [0.717, 1.165) is 49.4 Å². The molecule has 2 aromatic heterocycles. The van der Waals surface area contributed by atoms with E-state index in [4.69, 9.17) is 25.1 Å². The van der Waals surface area contributed by atoms with Gasteiger partial charge in [-0.2, -0.15) is 0 Å². The van der Waals surface area contributed by atoms with Crippen molar-refractivity contribution in [1.82, 2.24) is 15.0 Å². The molecule has 8 rings (SSSR count). The zero-order chi connectivity index (χ0) is 26.6. The third-order valence-electron chi connectivity index (χ3n) is 7.41. The summed E-state index contributed by atoms with van der Waals surface area (Å²) in [5.74, 6) is 1.81. The van der Waals surface area contributed by atoms with Gasteiger partial charge in [-0.15, -0.1) is 0 Å². The average Bonchev–Trinajstić information content (AvgIpc) is 3.38. The van der Waals surface area contributed by atoms with Crippen LogP contribution in [0.15, 0.2) is 126 Å². The summed E-state index contributed by atoms with van der Waals surface area (Å²) >= 11 is 0. The first-order valence-corrected chi connectivity index (χ1v) is 13.2. The molecule has 6 aromatic carbocycles. The van der Waals surface area contributed by atoms with Crippen molar-refractivity contribution in [3.63, 3.8) is 0 Å². The van der Waals surface area contributed by atoms with Crippen LogP contribution in [0.4, 0.5) is 5.69 Å². The second-order valence-electron chi connectivity index (χ2n) is 9.97. The Morgan fingerprint density at radius 1 is 0.475 bits per heavy atom. The predicted molar refractivity (Wildman–Crippen MR) is 163 cm³/mol. The first kappa shape index (κ1) is 22.4. The van der Waals surface area contributed by atoms with Crippen LogP contribution in [0.3, 0.4) is 0 Å². The van der Waals surface area contributed by atoms with Gasteiger partial charge in [-0.05, 0) is 57.9 Å². The molecule has 0 aliphatic carbocycles. The van der Waals surface area contributed by atoms with Gasteiger partial charge in [0.05, 0.1) is 0 Å². The molecule has 0 saturated carbocycles. The van der Waals surface area contributed by atoms with Gasteiger partial charge in [-0.1, -0.05) is 84.9 Å². The van der Waals surface area contributed by atoms with E-state index in [1.165, 1.54) is 10.8 Å². The molecule has 0 saturated heterocycles. The highest BCUT2D eigenvalue weighted by atomic mass is 16.3. The standard InChI is InChI=1S/C35H22N4O/c36-27-16-17-30-29(20-27)32-28(10-5-11-31(32)40-30)35-38-33(25-14-12-21-6-1-3-8-23(21)18-25)37-34(39-35)26-15-13-22-7-2-4-9-24(22)19-26/h1-20H,36H2. The molecular weight excluding hydrogens is 492 g/mol. The number of aromatic nitrogens is 3. The van der Waals surface area contributed by atoms with Gasteiger partial charge in [-0.3, -0.25) is 0 Å². The number of furan rings is 1. The van der Waals surface area contributed by atoms with Crippen LogP contribution in [0.5, 0.6) is 0 Å². The van der Waals surface area contributed by atoms with Crippen LogP contribution in [-0.4, -0.2) is 15.0 Å². The molecule has 0 fully saturated rings. The summed E-state index contributed by atoms with van der Waals surface area (Å²) in [6.45, 7) is 0. The number of anilines is 1. The third-order valence-corrected chi connectivity index (χ3v) is 7.41. The lowest BCUT2D eigenvalue weighted by Gasteiger charge is -2.10. The number of benzene rings is 6. The van der Waals surface area contributed by atoms with Crippen molar-refractivity contribution in [2.75, 3.05) is 5.73 Å². The minimum atomic E-state index is 0.581. The first-order chi connectivity index (χ1) is 19.7. The van der Waals surface area contributed by atoms with E-state index in [1.54, 1.807) is 0 Å². The SMILES string of the molecule is Nc1ccc2oc3cccc(-c4nc(-c5ccc6ccccc6c5)nc(-c5ccc6ccccc6c5)n4)c3c2c1. The topological polar surface area (TPSA) is 77.8 Å². The zero-order valence-corrected chi connectivity index (χ0v) is 21.4. The maximum absolute atomic E-state index is 6.17. The van der Waals surface area contributed by atoms with Gasteiger partial charge in [0.25, 0.3) is 0 Å². The Hall–Kier alpha value is -5.55. The summed E-state index contributed by atoms with van der Waals surface area (Å²) in [6.07, 6.45) is 0. The molecule has 188 valence electrons. The fraction of sp³-hybridized carbons (Fsp3) is 0. The lowest BCUT2D eigenvalue weighted by atomic mass is 10.0. The average molecular weight is 515 g/mol. The van der Waals surface area contributed by atoms with Crippen molar-refractivity contribution in [2.24, 2.45) is 0 Å². The molecule has 0 radical (unpaired) electrons. The summed E-state index contributed by atoms with van der Waals surface area (Å²) in [7, 11) is 0. The largest absolute Gasteiger partial charge is 0.456 e. The van der Waals surface area contributed by atoms with Crippen LogP contribution < -0.4 is 5.73 Å². The van der Waals surface area contributed by atoms with E-state index in [-0.39, 0.29) is 0 Å². The normalized spacial score (nSPS) is 11.6. The highest BCUT2D eigenvalue weighted by molar-refractivity contribution is 6.12. The summed E-state index contributed by atoms with van der Waals surface area (Å²) in [5.41, 5.74) is 11.1. The fourth-order valence-electron chi connectivity index (χ4n) is 5.44. The van der Waals surface area contributed by atoms with Crippen molar-refractivity contribution in [1.29, 1.82) is 0 Å². The Kier molecular flexibility index (Phi) is 4.91. The highest BCUT2D eigenvalue weighted by Gasteiger charge is 2.18. The molecule has 0 aliphatic heterocycles. The van der Waals surface area contributed by atoms with Crippen LogP contribution in [0, 0.1) is 0 Å². The summed E-state index contributed by atoms with van der Waals surface area (Å²) < 4.78 is 6.17. The van der Waals surface area contributed by atoms with Crippen molar-refractivity contribution in [2.45, 2.75) is 0 Å². The van der Waals surface area contributed by atoms with Gasteiger partial charge in [0.15, 0.2) is 17.5 Å². The third kappa shape index (κ3) is 3.68. The van der Waals surface area contributed by atoms with Crippen LogP contribution in [0.25, 0.3) is 77.6 Å². The molecule has 0 atom stereocenters. The number of nitrogen functional groups attached to an aromatic ring is 1. The van der Waals surface area contributed by atoms with Crippen molar-refractivity contribution < 1.29 is 4.42 Å². The van der Waals surface area contributed by atoms with Crippen LogP contribution in [0.1, 0.15) is 0 Å². The van der Waals surface area contributed by atoms with Gasteiger partial charge in [0.2, 0.25) is 0 Å². The van der Waals surface area contributed by atoms with Crippen LogP contribution in [-0.2, 0) is 0 Å². The van der Waals surface area contributed by atoms with Crippen LogP contribution in [0.2, 0.25) is 0 Å². The molecule has 5 heteroatoms. The van der Waals surface area contributed by atoms with Gasteiger partial charge in [0, 0.05) is 33.2 Å². The van der Waals surface area contributed by atoms with Gasteiger partial charge < -0.3 is 10.2 Å². The monoisotopic (exact) mass is 514 g/mol. The quantitative estimate of drug-likeness (QED) is 0.239. The molecule has 0 unspecified atom stereocenters. The first-order valence-electron chi connectivity index (χ1n) is 13.2. The number of nitrogens with zero attached hydrogens (tertiary/aromatic N) is 3. The zero-order valence-electron chi connectivity index (χ0n) is 21.4. The molecule has 0 spiro atoms. The molecule has 5 nitrogen and oxygen atoms in total. The minimum absolute atomic E-state index is 0.581. The number of fused-ring (bicyclic) bond motifs is 5. The summed E-state index contributed by atoms with van der Waals surface area (Å²) in [5, 5.41) is 6.47. The number of rotatable bonds is 3. The van der Waals surface area contributed by atoms with Crippen molar-refractivity contribution >= 4 is 49.2 Å². The number of hydrogen-bond acceptors (Lipinski definition) is 5. The maximum Gasteiger partial charge on any atom is 0.164 e. The fourth-order valence-corrected chi connectivity index (χ4v) is 5.44. The van der Waals surface area contributed by atoms with Gasteiger partial charge >= 0.3 is 0 Å². The predicted octanol–water partition coefficient (Wildman–Crippen LogP) is 8.66. The van der Waals surface area contributed by atoms with Crippen LogP contribution >= 0.6 is 0 Å². The van der Waals surface area contributed by atoms with E-state index in [2.05, 4.69) is 60.7 Å². The highest BCUT2D eigenvalue weighted by Crippen LogP contribution is 2.37. The maximum atomic E-state index is 6.17. The Morgan fingerprint density at radius 2 is 1.07 bits per heavy atom. The molecule has 40 heavy (non-hydrogen) atoms. The summed E-state index contributed by atoms with van der Waals surface area (Å²) in [6, 6.07) is 40.9. The van der Waals surface area contributed by atoms with E-state index in [9.17, 15) is 0 Å². The molecule has 8 aromatic rings. The van der Waals surface area contributed by atoms with E-state index >= 15 is 0 Å². The van der Waals surface area contributed by atoms with Gasteiger partial charge in [0.1, 0.15) is 11.2 Å². The molecular formula is C35H22N4O. The molecule has 0 aliphatic rings. The number of hydrogen-bond donors (Lipinski definition) is 1. The molecule has 2 N–H and O–H groups in total. The van der Waals surface area contributed by atoms with Crippen molar-refractivity contribution in [3.8, 4) is 34.2 Å².